The van der Waals surface area contributed by atoms with E-state index in [2.05, 4.69) is 18.9 Å². The second-order valence-electron chi connectivity index (χ2n) is 3.46. The van der Waals surface area contributed by atoms with Gasteiger partial charge in [0.1, 0.15) is 0 Å². The van der Waals surface area contributed by atoms with Crippen molar-refractivity contribution in [2.45, 2.75) is 39.9 Å². The van der Waals surface area contributed by atoms with Crippen molar-refractivity contribution in [2.75, 3.05) is 33.4 Å². The summed E-state index contributed by atoms with van der Waals surface area (Å²) in [5.41, 5.74) is 0. The van der Waals surface area contributed by atoms with Gasteiger partial charge in [-0.2, -0.15) is 0 Å². The minimum atomic E-state index is -0.0631. The molecule has 0 spiro atoms. The molecule has 0 unspecified atom stereocenters. The van der Waals surface area contributed by atoms with Crippen LogP contribution in [0.4, 0.5) is 0 Å². The fourth-order valence-corrected chi connectivity index (χ4v) is 1.30. The highest BCUT2D eigenvalue weighted by atomic mass is 16.7. The van der Waals surface area contributed by atoms with Crippen molar-refractivity contribution in [3.05, 3.63) is 0 Å². The third kappa shape index (κ3) is 7.30. The van der Waals surface area contributed by atoms with Gasteiger partial charge in [-0.3, -0.25) is 0 Å². The summed E-state index contributed by atoms with van der Waals surface area (Å²) in [5, 5.41) is 0. The normalized spacial score (nSPS) is 11.6. The van der Waals surface area contributed by atoms with Gasteiger partial charge in [-0.25, -0.2) is 0 Å². The van der Waals surface area contributed by atoms with Gasteiger partial charge >= 0.3 is 0 Å². The molecular formula is C11H25NO2. The Labute approximate surface area is 88.4 Å². The number of hydrogen-bond acceptors (Lipinski definition) is 3. The van der Waals surface area contributed by atoms with Crippen molar-refractivity contribution in [3.8, 4) is 0 Å². The molecule has 0 saturated heterocycles. The molecule has 0 heterocycles. The highest BCUT2D eigenvalue weighted by Crippen LogP contribution is 1.99. The van der Waals surface area contributed by atoms with Crippen molar-refractivity contribution in [2.24, 2.45) is 0 Å². The van der Waals surface area contributed by atoms with Crippen LogP contribution >= 0.6 is 0 Å². The number of hydrogen-bond donors (Lipinski definition) is 0. The SMILES string of the molecule is CCCCN(C)CC(OCC)OCC. The van der Waals surface area contributed by atoms with Crippen LogP contribution < -0.4 is 0 Å². The van der Waals surface area contributed by atoms with Gasteiger partial charge in [-0.05, 0) is 33.9 Å². The van der Waals surface area contributed by atoms with Crippen molar-refractivity contribution in [1.29, 1.82) is 0 Å². The van der Waals surface area contributed by atoms with E-state index in [-0.39, 0.29) is 6.29 Å². The lowest BCUT2D eigenvalue weighted by atomic mass is 10.3. The van der Waals surface area contributed by atoms with Gasteiger partial charge in [0.05, 0.1) is 0 Å². The van der Waals surface area contributed by atoms with E-state index in [9.17, 15) is 0 Å². The van der Waals surface area contributed by atoms with Crippen molar-refractivity contribution in [1.82, 2.24) is 4.90 Å². The third-order valence-electron chi connectivity index (χ3n) is 2.06. The van der Waals surface area contributed by atoms with E-state index in [1.807, 2.05) is 13.8 Å². The standard InChI is InChI=1S/C11H25NO2/c1-5-8-9-12(4)10-11(13-6-2)14-7-3/h11H,5-10H2,1-4H3. The van der Waals surface area contributed by atoms with Crippen molar-refractivity contribution >= 4 is 0 Å². The minimum absolute atomic E-state index is 0.0631. The van der Waals surface area contributed by atoms with Crippen LogP contribution in [-0.2, 0) is 9.47 Å². The van der Waals surface area contributed by atoms with E-state index >= 15 is 0 Å². The number of nitrogens with zero attached hydrogens (tertiary/aromatic N) is 1. The minimum Gasteiger partial charge on any atom is -0.352 e. The molecule has 14 heavy (non-hydrogen) atoms. The summed E-state index contributed by atoms with van der Waals surface area (Å²) >= 11 is 0. The van der Waals surface area contributed by atoms with E-state index in [0.29, 0.717) is 13.2 Å². The first kappa shape index (κ1) is 13.9. The molecule has 0 aromatic heterocycles. The smallest absolute Gasteiger partial charge is 0.170 e. The second kappa shape index (κ2) is 9.44. The van der Waals surface area contributed by atoms with Gasteiger partial charge in [0.25, 0.3) is 0 Å². The topological polar surface area (TPSA) is 21.7 Å². The monoisotopic (exact) mass is 203 g/mol. The average Bonchev–Trinajstić information content (AvgIpc) is 2.15. The fourth-order valence-electron chi connectivity index (χ4n) is 1.30. The summed E-state index contributed by atoms with van der Waals surface area (Å²) in [5.74, 6) is 0. The van der Waals surface area contributed by atoms with Crippen molar-refractivity contribution < 1.29 is 9.47 Å². The molecule has 0 aliphatic carbocycles. The lowest BCUT2D eigenvalue weighted by Gasteiger charge is -2.23. The first-order valence-corrected chi connectivity index (χ1v) is 5.66. The lowest BCUT2D eigenvalue weighted by Crippen LogP contribution is -2.33. The molecule has 0 atom stereocenters. The zero-order chi connectivity index (χ0) is 10.8. The molecule has 0 aromatic carbocycles. The molecule has 3 nitrogen and oxygen atoms in total. The zero-order valence-electron chi connectivity index (χ0n) is 10.1. The Morgan fingerprint density at radius 2 is 1.64 bits per heavy atom. The summed E-state index contributed by atoms with van der Waals surface area (Å²) in [6, 6.07) is 0. The van der Waals surface area contributed by atoms with Crippen LogP contribution in [0.2, 0.25) is 0 Å². The van der Waals surface area contributed by atoms with E-state index in [1.165, 1.54) is 12.8 Å². The highest BCUT2D eigenvalue weighted by molar-refractivity contribution is 4.54. The van der Waals surface area contributed by atoms with Crippen LogP contribution in [0.25, 0.3) is 0 Å². The van der Waals surface area contributed by atoms with Gasteiger partial charge in [0, 0.05) is 19.8 Å². The van der Waals surface area contributed by atoms with E-state index in [1.54, 1.807) is 0 Å². The molecule has 0 saturated carbocycles. The van der Waals surface area contributed by atoms with Crippen LogP contribution in [0.15, 0.2) is 0 Å². The molecule has 3 heteroatoms. The number of ether oxygens (including phenoxy) is 2. The Balaban J connectivity index is 3.64. The molecule has 0 aliphatic rings. The second-order valence-corrected chi connectivity index (χ2v) is 3.46. The number of unbranched alkanes of at least 4 members (excludes halogenated alkanes) is 1. The summed E-state index contributed by atoms with van der Waals surface area (Å²) in [4.78, 5) is 2.26. The van der Waals surface area contributed by atoms with Crippen molar-refractivity contribution in [3.63, 3.8) is 0 Å². The van der Waals surface area contributed by atoms with Gasteiger partial charge in [-0.1, -0.05) is 13.3 Å². The maximum Gasteiger partial charge on any atom is 0.170 e. The molecule has 0 aliphatic heterocycles. The molecule has 0 rings (SSSR count). The van der Waals surface area contributed by atoms with Gasteiger partial charge < -0.3 is 14.4 Å². The molecule has 0 amide bonds. The Hall–Kier alpha value is -0.120. The summed E-state index contributed by atoms with van der Waals surface area (Å²) < 4.78 is 10.9. The fraction of sp³-hybridized carbons (Fsp3) is 1.00. The molecule has 0 bridgehead atoms. The molecule has 0 fully saturated rings. The molecule has 0 aromatic rings. The first-order valence-electron chi connectivity index (χ1n) is 5.66. The quantitative estimate of drug-likeness (QED) is 0.536. The Morgan fingerprint density at radius 3 is 2.07 bits per heavy atom. The average molecular weight is 203 g/mol. The van der Waals surface area contributed by atoms with Crippen LogP contribution in [-0.4, -0.2) is 44.5 Å². The van der Waals surface area contributed by atoms with Gasteiger partial charge in [-0.15, -0.1) is 0 Å². The van der Waals surface area contributed by atoms with Crippen LogP contribution in [0, 0.1) is 0 Å². The third-order valence-corrected chi connectivity index (χ3v) is 2.06. The first-order chi connectivity index (χ1) is 6.74. The zero-order valence-corrected chi connectivity index (χ0v) is 10.1. The van der Waals surface area contributed by atoms with Gasteiger partial charge in [0.15, 0.2) is 6.29 Å². The Morgan fingerprint density at radius 1 is 1.07 bits per heavy atom. The van der Waals surface area contributed by atoms with Crippen LogP contribution in [0.3, 0.4) is 0 Å². The highest BCUT2D eigenvalue weighted by Gasteiger charge is 2.10. The van der Waals surface area contributed by atoms with Crippen LogP contribution in [0.5, 0.6) is 0 Å². The maximum atomic E-state index is 5.47. The van der Waals surface area contributed by atoms with E-state index < -0.39 is 0 Å². The molecule has 0 N–H and O–H groups in total. The summed E-state index contributed by atoms with van der Waals surface area (Å²) in [6.07, 6.45) is 2.41. The van der Waals surface area contributed by atoms with E-state index in [0.717, 1.165) is 13.1 Å². The van der Waals surface area contributed by atoms with E-state index in [4.69, 9.17) is 9.47 Å². The Bertz CT molecular complexity index is 114. The van der Waals surface area contributed by atoms with Gasteiger partial charge in [0.2, 0.25) is 0 Å². The largest absolute Gasteiger partial charge is 0.352 e. The predicted molar refractivity (Wildman–Crippen MR) is 59.4 cm³/mol. The summed E-state index contributed by atoms with van der Waals surface area (Å²) in [7, 11) is 2.11. The summed E-state index contributed by atoms with van der Waals surface area (Å²) in [6.45, 7) is 9.61. The molecule has 86 valence electrons. The maximum absolute atomic E-state index is 5.47. The predicted octanol–water partition coefficient (Wildman–Crippen LogP) is 2.12. The number of likely N-dealkylation sites (N-methyl/N-ethyl adjacent to an activating group) is 1. The van der Waals surface area contributed by atoms with Crippen LogP contribution in [0.1, 0.15) is 33.6 Å². The Kier molecular flexibility index (Phi) is 9.35. The molecule has 0 radical (unpaired) electrons. The molecular weight excluding hydrogens is 178 g/mol. The lowest BCUT2D eigenvalue weighted by molar-refractivity contribution is -0.145. The number of rotatable bonds is 9.